The highest BCUT2D eigenvalue weighted by molar-refractivity contribution is 6.32. The standard InChI is InChI=1S/C24H19ClFN5O3/c1-29-10-9-14(27-29)13-30-21(32)12-19-22(23(30)16-8-7-15(34-2)11-18(16)26)24(33)31(28-19)20-6-4-3-5-17(20)25/h3-12,28H,13H2,1-2H3. The molecular formula is C24H19ClFN5O3. The molecule has 0 aliphatic rings. The molecule has 0 saturated carbocycles. The van der Waals surface area contributed by atoms with Crippen LogP contribution in [0.3, 0.4) is 0 Å². The molecule has 0 aliphatic carbocycles. The Labute approximate surface area is 197 Å². The summed E-state index contributed by atoms with van der Waals surface area (Å²) in [5, 5.41) is 7.78. The van der Waals surface area contributed by atoms with Crippen molar-refractivity contribution in [2.24, 2.45) is 7.05 Å². The predicted octanol–water partition coefficient (Wildman–Crippen LogP) is 3.73. The van der Waals surface area contributed by atoms with Crippen LogP contribution in [0.2, 0.25) is 5.02 Å². The molecule has 0 aliphatic heterocycles. The number of methoxy groups -OCH3 is 1. The number of hydrogen-bond donors (Lipinski definition) is 1. The normalized spacial score (nSPS) is 11.3. The van der Waals surface area contributed by atoms with Gasteiger partial charge in [-0.15, -0.1) is 0 Å². The summed E-state index contributed by atoms with van der Waals surface area (Å²) >= 11 is 6.31. The van der Waals surface area contributed by atoms with Crippen molar-refractivity contribution in [2.75, 3.05) is 7.11 Å². The molecule has 0 unspecified atom stereocenters. The maximum absolute atomic E-state index is 15.3. The maximum atomic E-state index is 15.3. The summed E-state index contributed by atoms with van der Waals surface area (Å²) < 4.78 is 24.6. The first-order valence-corrected chi connectivity index (χ1v) is 10.7. The quantitative estimate of drug-likeness (QED) is 0.416. The minimum absolute atomic E-state index is 0.0487. The van der Waals surface area contributed by atoms with Crippen molar-refractivity contribution in [3.63, 3.8) is 0 Å². The molecule has 2 aromatic carbocycles. The summed E-state index contributed by atoms with van der Waals surface area (Å²) in [5.74, 6) is -0.319. The van der Waals surface area contributed by atoms with Crippen molar-refractivity contribution < 1.29 is 9.13 Å². The van der Waals surface area contributed by atoms with E-state index in [2.05, 4.69) is 10.2 Å². The Morgan fingerprint density at radius 2 is 1.91 bits per heavy atom. The van der Waals surface area contributed by atoms with Gasteiger partial charge in [-0.25, -0.2) is 9.07 Å². The first kappa shape index (κ1) is 21.7. The van der Waals surface area contributed by atoms with E-state index >= 15 is 4.39 Å². The van der Waals surface area contributed by atoms with Gasteiger partial charge in [0.05, 0.1) is 46.7 Å². The number of rotatable bonds is 5. The number of fused-ring (bicyclic) bond motifs is 1. The predicted molar refractivity (Wildman–Crippen MR) is 127 cm³/mol. The fourth-order valence-electron chi connectivity index (χ4n) is 4.00. The molecule has 0 atom stereocenters. The van der Waals surface area contributed by atoms with E-state index in [-0.39, 0.29) is 28.7 Å². The number of halogens is 2. The number of pyridine rings is 1. The van der Waals surface area contributed by atoms with Gasteiger partial charge in [0.1, 0.15) is 11.6 Å². The number of para-hydroxylation sites is 1. The lowest BCUT2D eigenvalue weighted by Gasteiger charge is -2.14. The van der Waals surface area contributed by atoms with E-state index in [1.54, 1.807) is 54.3 Å². The number of benzene rings is 2. The van der Waals surface area contributed by atoms with Gasteiger partial charge < -0.3 is 9.30 Å². The number of aromatic nitrogens is 5. The number of nitrogens with zero attached hydrogens (tertiary/aromatic N) is 4. The molecule has 10 heteroatoms. The summed E-state index contributed by atoms with van der Waals surface area (Å²) in [7, 11) is 3.19. The van der Waals surface area contributed by atoms with Crippen LogP contribution < -0.4 is 15.9 Å². The highest BCUT2D eigenvalue weighted by atomic mass is 35.5. The second-order valence-corrected chi connectivity index (χ2v) is 8.14. The number of hydrogen-bond acceptors (Lipinski definition) is 4. The van der Waals surface area contributed by atoms with Gasteiger partial charge in [-0.05, 0) is 30.3 Å². The molecule has 0 spiro atoms. The zero-order valence-corrected chi connectivity index (χ0v) is 19.0. The monoisotopic (exact) mass is 479 g/mol. The third kappa shape index (κ3) is 3.60. The fraction of sp³-hybridized carbons (Fsp3) is 0.125. The van der Waals surface area contributed by atoms with Crippen molar-refractivity contribution in [3.05, 3.63) is 98.0 Å². The second kappa shape index (κ2) is 8.35. The topological polar surface area (TPSA) is 86.8 Å². The summed E-state index contributed by atoms with van der Waals surface area (Å²) in [5.41, 5.74) is 0.593. The first-order valence-electron chi connectivity index (χ1n) is 10.3. The molecule has 8 nitrogen and oxygen atoms in total. The lowest BCUT2D eigenvalue weighted by Crippen LogP contribution is -2.24. The summed E-state index contributed by atoms with van der Waals surface area (Å²) in [4.78, 5) is 26.8. The van der Waals surface area contributed by atoms with E-state index in [9.17, 15) is 9.59 Å². The van der Waals surface area contributed by atoms with Crippen LogP contribution in [0.15, 0.2) is 70.4 Å². The van der Waals surface area contributed by atoms with Gasteiger partial charge in [0.2, 0.25) is 0 Å². The zero-order valence-electron chi connectivity index (χ0n) is 18.3. The lowest BCUT2D eigenvalue weighted by atomic mass is 10.1. The molecule has 1 N–H and O–H groups in total. The molecule has 34 heavy (non-hydrogen) atoms. The van der Waals surface area contributed by atoms with Crippen LogP contribution in [-0.4, -0.2) is 31.2 Å². The number of aryl methyl sites for hydroxylation is 1. The Morgan fingerprint density at radius 3 is 2.59 bits per heavy atom. The van der Waals surface area contributed by atoms with Crippen LogP contribution >= 0.6 is 11.6 Å². The number of nitrogens with one attached hydrogen (secondary N) is 1. The van der Waals surface area contributed by atoms with E-state index in [4.69, 9.17) is 16.3 Å². The van der Waals surface area contributed by atoms with Gasteiger partial charge in [-0.2, -0.15) is 5.10 Å². The van der Waals surface area contributed by atoms with Crippen molar-refractivity contribution in [1.82, 2.24) is 24.1 Å². The highest BCUT2D eigenvalue weighted by Gasteiger charge is 2.23. The molecule has 0 radical (unpaired) electrons. The Balaban J connectivity index is 1.86. The van der Waals surface area contributed by atoms with Crippen LogP contribution in [0.4, 0.5) is 4.39 Å². The molecule has 5 rings (SSSR count). The number of H-pyrrole nitrogens is 1. The van der Waals surface area contributed by atoms with Crippen LogP contribution in [0.25, 0.3) is 27.8 Å². The van der Waals surface area contributed by atoms with Gasteiger partial charge in [0, 0.05) is 30.9 Å². The highest BCUT2D eigenvalue weighted by Crippen LogP contribution is 2.31. The van der Waals surface area contributed by atoms with Crippen LogP contribution in [0.1, 0.15) is 5.69 Å². The Morgan fingerprint density at radius 1 is 1.12 bits per heavy atom. The zero-order chi connectivity index (χ0) is 24.0. The Hall–Kier alpha value is -4.11. The molecule has 3 heterocycles. The third-order valence-electron chi connectivity index (χ3n) is 5.57. The molecule has 5 aromatic rings. The minimum Gasteiger partial charge on any atom is -0.497 e. The van der Waals surface area contributed by atoms with Gasteiger partial charge in [0.15, 0.2) is 0 Å². The van der Waals surface area contributed by atoms with Crippen LogP contribution in [0.5, 0.6) is 5.75 Å². The summed E-state index contributed by atoms with van der Waals surface area (Å²) in [6.45, 7) is 0.0487. The fourth-order valence-corrected chi connectivity index (χ4v) is 4.22. The smallest absolute Gasteiger partial charge is 0.281 e. The lowest BCUT2D eigenvalue weighted by molar-refractivity contribution is 0.411. The number of aromatic amines is 1. The average Bonchev–Trinajstić information content (AvgIpc) is 3.37. The van der Waals surface area contributed by atoms with E-state index < -0.39 is 16.9 Å². The van der Waals surface area contributed by atoms with E-state index in [0.29, 0.717) is 22.2 Å². The van der Waals surface area contributed by atoms with Gasteiger partial charge in [0.25, 0.3) is 11.1 Å². The minimum atomic E-state index is -0.633. The Kier molecular flexibility index (Phi) is 5.33. The Bertz CT molecular complexity index is 1660. The third-order valence-corrected chi connectivity index (χ3v) is 5.89. The van der Waals surface area contributed by atoms with Crippen molar-refractivity contribution in [2.45, 2.75) is 6.54 Å². The van der Waals surface area contributed by atoms with Crippen molar-refractivity contribution >= 4 is 22.5 Å². The average molecular weight is 480 g/mol. The van der Waals surface area contributed by atoms with Gasteiger partial charge >= 0.3 is 0 Å². The van der Waals surface area contributed by atoms with Crippen LogP contribution in [-0.2, 0) is 13.6 Å². The molecule has 0 fully saturated rings. The maximum Gasteiger partial charge on any atom is 0.281 e. The van der Waals surface area contributed by atoms with Crippen LogP contribution in [0, 0.1) is 5.82 Å². The summed E-state index contributed by atoms with van der Waals surface area (Å²) in [6, 6.07) is 14.2. The molecule has 3 aromatic heterocycles. The molecule has 0 saturated heterocycles. The van der Waals surface area contributed by atoms with Gasteiger partial charge in [-0.1, -0.05) is 23.7 Å². The first-order chi connectivity index (χ1) is 16.4. The summed E-state index contributed by atoms with van der Waals surface area (Å²) in [6.07, 6.45) is 1.74. The largest absolute Gasteiger partial charge is 0.497 e. The van der Waals surface area contributed by atoms with E-state index in [1.807, 2.05) is 0 Å². The molecule has 172 valence electrons. The van der Waals surface area contributed by atoms with E-state index in [1.165, 1.54) is 34.6 Å². The SMILES string of the molecule is COc1ccc(-c2c3c(=O)n(-c4ccccc4Cl)[nH]c3cc(=O)n2Cc2ccn(C)n2)c(F)c1. The molecular weight excluding hydrogens is 461 g/mol. The van der Waals surface area contributed by atoms with Crippen molar-refractivity contribution in [3.8, 4) is 22.7 Å². The van der Waals surface area contributed by atoms with E-state index in [0.717, 1.165) is 0 Å². The number of ether oxygens (including phenoxy) is 1. The second-order valence-electron chi connectivity index (χ2n) is 7.74. The van der Waals surface area contributed by atoms with Gasteiger partial charge in [-0.3, -0.25) is 19.4 Å². The van der Waals surface area contributed by atoms with Crippen molar-refractivity contribution in [1.29, 1.82) is 0 Å². The molecule has 0 amide bonds. The molecule has 0 bridgehead atoms.